The summed E-state index contributed by atoms with van der Waals surface area (Å²) in [6.45, 7) is 0. The first kappa shape index (κ1) is 11.4. The van der Waals surface area contributed by atoms with Crippen LogP contribution in [0.5, 0.6) is 0 Å². The minimum absolute atomic E-state index is 0.182. The molecule has 0 spiro atoms. The zero-order valence-electron chi connectivity index (χ0n) is 9.02. The molecule has 0 aliphatic carbocycles. The quantitative estimate of drug-likeness (QED) is 0.727. The monoisotopic (exact) mass is 238 g/mol. The van der Waals surface area contributed by atoms with E-state index in [4.69, 9.17) is 16.8 Å². The molecule has 0 aliphatic heterocycles. The average Bonchev–Trinajstić information content (AvgIpc) is 2.37. The number of aromatic nitrogens is 1. The van der Waals surface area contributed by atoms with E-state index in [1.54, 1.807) is 0 Å². The van der Waals surface area contributed by atoms with E-state index in [1.165, 1.54) is 18.2 Å². The van der Waals surface area contributed by atoms with Crippen LogP contribution in [0.2, 0.25) is 0 Å². The second kappa shape index (κ2) is 4.08. The second-order valence-electron chi connectivity index (χ2n) is 3.49. The first-order valence-electron chi connectivity index (χ1n) is 4.89. The summed E-state index contributed by atoms with van der Waals surface area (Å²) in [4.78, 5) is 25.6. The van der Waals surface area contributed by atoms with Gasteiger partial charge in [0.1, 0.15) is 17.3 Å². The van der Waals surface area contributed by atoms with Crippen LogP contribution in [0.25, 0.3) is 10.9 Å². The van der Waals surface area contributed by atoms with Crippen LogP contribution in [0, 0.1) is 23.7 Å². The lowest BCUT2D eigenvalue weighted by molar-refractivity contribution is 0.0690. The Labute approximate surface area is 101 Å². The number of rotatable bonds is 1. The normalized spacial score (nSPS) is 9.67. The van der Waals surface area contributed by atoms with Gasteiger partial charge in [-0.2, -0.15) is 5.26 Å². The highest BCUT2D eigenvalue weighted by Crippen LogP contribution is 2.15. The Kier molecular flexibility index (Phi) is 2.59. The average molecular weight is 238 g/mol. The summed E-state index contributed by atoms with van der Waals surface area (Å²) in [5, 5.41) is 18.1. The van der Waals surface area contributed by atoms with Gasteiger partial charge in [-0.25, -0.2) is 4.79 Å². The van der Waals surface area contributed by atoms with Crippen LogP contribution >= 0.6 is 0 Å². The maximum atomic E-state index is 12.0. The minimum atomic E-state index is -1.34. The molecule has 0 bridgehead atoms. The molecule has 0 amide bonds. The third-order valence-corrected chi connectivity index (χ3v) is 2.51. The summed E-state index contributed by atoms with van der Waals surface area (Å²) in [6.07, 6.45) is 5.15. The molecule has 2 aromatic rings. The summed E-state index contributed by atoms with van der Waals surface area (Å²) >= 11 is 0. The molecule has 0 fully saturated rings. The van der Waals surface area contributed by atoms with Crippen LogP contribution in [0.4, 0.5) is 0 Å². The van der Waals surface area contributed by atoms with Crippen molar-refractivity contribution in [3.05, 3.63) is 45.2 Å². The first-order chi connectivity index (χ1) is 8.60. The van der Waals surface area contributed by atoms with Crippen molar-refractivity contribution in [3.8, 4) is 18.4 Å². The van der Waals surface area contributed by atoms with Gasteiger partial charge < -0.3 is 10.1 Å². The smallest absolute Gasteiger partial charge is 0.353 e. The SMILES string of the molecule is C#Cc1c(C(=O)O)[nH]c2c(C#N)cccc2c1=O. The maximum absolute atomic E-state index is 12.0. The Morgan fingerprint density at radius 1 is 1.44 bits per heavy atom. The van der Waals surface area contributed by atoms with Gasteiger partial charge in [0.15, 0.2) is 0 Å². The van der Waals surface area contributed by atoms with Gasteiger partial charge in [0.25, 0.3) is 0 Å². The number of nitrogens with one attached hydrogen (secondary N) is 1. The number of hydrogen-bond acceptors (Lipinski definition) is 3. The summed E-state index contributed by atoms with van der Waals surface area (Å²) in [5.41, 5.74) is -0.819. The zero-order valence-corrected chi connectivity index (χ0v) is 9.02. The molecule has 0 atom stereocenters. The molecule has 0 unspecified atom stereocenters. The topological polar surface area (TPSA) is 93.9 Å². The van der Waals surface area contributed by atoms with Crippen molar-refractivity contribution in [3.63, 3.8) is 0 Å². The molecule has 5 nitrogen and oxygen atoms in total. The van der Waals surface area contributed by atoms with Crippen molar-refractivity contribution in [1.29, 1.82) is 5.26 Å². The van der Waals surface area contributed by atoms with E-state index < -0.39 is 11.4 Å². The lowest BCUT2D eigenvalue weighted by atomic mass is 10.1. The van der Waals surface area contributed by atoms with Gasteiger partial charge in [0, 0.05) is 5.39 Å². The largest absolute Gasteiger partial charge is 0.477 e. The molecular formula is C13H6N2O3. The van der Waals surface area contributed by atoms with Crippen molar-refractivity contribution >= 4 is 16.9 Å². The minimum Gasteiger partial charge on any atom is -0.477 e. The fourth-order valence-corrected chi connectivity index (χ4v) is 1.70. The third kappa shape index (κ3) is 1.51. The molecule has 0 radical (unpaired) electrons. The number of terminal acetylenes is 1. The molecule has 0 saturated carbocycles. The first-order valence-corrected chi connectivity index (χ1v) is 4.89. The second-order valence-corrected chi connectivity index (χ2v) is 3.49. The van der Waals surface area contributed by atoms with Crippen molar-refractivity contribution < 1.29 is 9.90 Å². The predicted molar refractivity (Wildman–Crippen MR) is 64.2 cm³/mol. The third-order valence-electron chi connectivity index (χ3n) is 2.51. The lowest BCUT2D eigenvalue weighted by Gasteiger charge is -2.04. The maximum Gasteiger partial charge on any atom is 0.353 e. The number of fused-ring (bicyclic) bond motifs is 1. The number of carboxylic acid groups (broad SMARTS) is 1. The van der Waals surface area contributed by atoms with Gasteiger partial charge in [-0.05, 0) is 12.1 Å². The number of para-hydroxylation sites is 1. The van der Waals surface area contributed by atoms with Gasteiger partial charge in [-0.15, -0.1) is 6.42 Å². The Hall–Kier alpha value is -3.05. The molecule has 2 rings (SSSR count). The number of pyridine rings is 1. The van der Waals surface area contributed by atoms with E-state index in [1.807, 2.05) is 6.07 Å². The number of H-pyrrole nitrogens is 1. The van der Waals surface area contributed by atoms with Crippen molar-refractivity contribution in [2.24, 2.45) is 0 Å². The molecule has 0 saturated heterocycles. The molecule has 1 heterocycles. The van der Waals surface area contributed by atoms with Crippen LogP contribution in [0.1, 0.15) is 21.6 Å². The van der Waals surface area contributed by atoms with Crippen LogP contribution < -0.4 is 5.43 Å². The Balaban J connectivity index is 3.08. The lowest BCUT2D eigenvalue weighted by Crippen LogP contribution is -2.16. The van der Waals surface area contributed by atoms with Gasteiger partial charge in [0.05, 0.1) is 11.1 Å². The molecule has 86 valence electrons. The molecule has 1 aromatic heterocycles. The fraction of sp³-hybridized carbons (Fsp3) is 0. The standard InChI is InChI=1S/C13H6N2O3/c1-2-8-11(13(17)18)15-10-7(6-14)4-3-5-9(10)12(8)16/h1,3-5H,(H,15,16)(H,17,18). The number of benzene rings is 1. The van der Waals surface area contributed by atoms with Gasteiger partial charge >= 0.3 is 5.97 Å². The van der Waals surface area contributed by atoms with E-state index in [2.05, 4.69) is 10.9 Å². The van der Waals surface area contributed by atoms with E-state index in [-0.39, 0.29) is 27.7 Å². The van der Waals surface area contributed by atoms with Gasteiger partial charge in [0.2, 0.25) is 5.43 Å². The fourth-order valence-electron chi connectivity index (χ4n) is 1.70. The van der Waals surface area contributed by atoms with E-state index in [0.29, 0.717) is 0 Å². The summed E-state index contributed by atoms with van der Waals surface area (Å²) in [6, 6.07) is 6.40. The number of aromatic carboxylic acids is 1. The molecule has 5 heteroatoms. The predicted octanol–water partition coefficient (Wildman–Crippen LogP) is 1.08. The number of aromatic amines is 1. The molecule has 1 aromatic carbocycles. The summed E-state index contributed by atoms with van der Waals surface area (Å²) in [5.74, 6) is 0.729. The molecular weight excluding hydrogens is 232 g/mol. The molecule has 2 N–H and O–H groups in total. The highest BCUT2D eigenvalue weighted by Gasteiger charge is 2.16. The highest BCUT2D eigenvalue weighted by atomic mass is 16.4. The van der Waals surface area contributed by atoms with Crippen LogP contribution in [-0.2, 0) is 0 Å². The Bertz CT molecular complexity index is 804. The number of carboxylic acids is 1. The summed E-state index contributed by atoms with van der Waals surface area (Å²) < 4.78 is 0. The van der Waals surface area contributed by atoms with Crippen molar-refractivity contribution in [1.82, 2.24) is 4.98 Å². The zero-order chi connectivity index (χ0) is 13.3. The van der Waals surface area contributed by atoms with Crippen LogP contribution in [-0.4, -0.2) is 16.1 Å². The number of nitrogens with zero attached hydrogens (tertiary/aromatic N) is 1. The number of nitriles is 1. The molecule has 0 aliphatic rings. The number of hydrogen-bond donors (Lipinski definition) is 2. The van der Waals surface area contributed by atoms with Crippen molar-refractivity contribution in [2.45, 2.75) is 0 Å². The van der Waals surface area contributed by atoms with Crippen LogP contribution in [0.3, 0.4) is 0 Å². The Morgan fingerprint density at radius 2 is 2.17 bits per heavy atom. The van der Waals surface area contributed by atoms with E-state index >= 15 is 0 Å². The summed E-state index contributed by atoms with van der Waals surface area (Å²) in [7, 11) is 0. The van der Waals surface area contributed by atoms with E-state index in [0.717, 1.165) is 0 Å². The van der Waals surface area contributed by atoms with E-state index in [9.17, 15) is 9.59 Å². The Morgan fingerprint density at radius 3 is 2.72 bits per heavy atom. The number of carbonyl (C=O) groups is 1. The van der Waals surface area contributed by atoms with Gasteiger partial charge in [-0.3, -0.25) is 4.79 Å². The van der Waals surface area contributed by atoms with Gasteiger partial charge in [-0.1, -0.05) is 12.0 Å². The highest BCUT2D eigenvalue weighted by molar-refractivity contribution is 5.94. The molecule has 18 heavy (non-hydrogen) atoms. The van der Waals surface area contributed by atoms with Crippen LogP contribution in [0.15, 0.2) is 23.0 Å². The van der Waals surface area contributed by atoms with Crippen molar-refractivity contribution in [2.75, 3.05) is 0 Å².